The van der Waals surface area contributed by atoms with E-state index >= 15 is 0 Å². The zero-order valence-corrected chi connectivity index (χ0v) is 12.5. The van der Waals surface area contributed by atoms with Crippen molar-refractivity contribution in [2.75, 3.05) is 4.72 Å². The smallest absolute Gasteiger partial charge is 0.266 e. The number of aliphatic hydroxyl groups is 1. The fourth-order valence-electron chi connectivity index (χ4n) is 1.54. The SMILES string of the molecule is Cc1nc(NS(=O)(=O)c2cc(CO)ccc2F)sc1C. The van der Waals surface area contributed by atoms with Crippen LogP contribution in [-0.4, -0.2) is 18.5 Å². The summed E-state index contributed by atoms with van der Waals surface area (Å²) >= 11 is 1.18. The third kappa shape index (κ3) is 2.97. The Morgan fingerprint density at radius 2 is 2.10 bits per heavy atom. The number of aryl methyl sites for hydroxylation is 2. The molecular weight excluding hydrogens is 303 g/mol. The molecule has 0 aliphatic heterocycles. The van der Waals surface area contributed by atoms with Crippen LogP contribution in [0.1, 0.15) is 16.1 Å². The molecule has 0 saturated carbocycles. The summed E-state index contributed by atoms with van der Waals surface area (Å²) in [6, 6.07) is 3.44. The Hall–Kier alpha value is -1.51. The Kier molecular flexibility index (Phi) is 4.07. The summed E-state index contributed by atoms with van der Waals surface area (Å²) in [5, 5.41) is 9.19. The number of halogens is 1. The van der Waals surface area contributed by atoms with E-state index in [1.807, 2.05) is 6.92 Å². The predicted octanol–water partition coefficient (Wildman–Crippen LogP) is 2.19. The maximum absolute atomic E-state index is 13.7. The van der Waals surface area contributed by atoms with Crippen LogP contribution < -0.4 is 4.72 Å². The summed E-state index contributed by atoms with van der Waals surface area (Å²) in [6.45, 7) is 3.21. The van der Waals surface area contributed by atoms with Crippen LogP contribution in [0.2, 0.25) is 0 Å². The van der Waals surface area contributed by atoms with Crippen LogP contribution in [0.5, 0.6) is 0 Å². The van der Waals surface area contributed by atoms with E-state index in [2.05, 4.69) is 9.71 Å². The fourth-order valence-corrected chi connectivity index (χ4v) is 3.72. The molecule has 108 valence electrons. The molecule has 0 aliphatic rings. The Morgan fingerprint density at radius 1 is 1.40 bits per heavy atom. The lowest BCUT2D eigenvalue weighted by Crippen LogP contribution is -2.15. The lowest BCUT2D eigenvalue weighted by molar-refractivity contribution is 0.281. The normalized spacial score (nSPS) is 11.6. The number of hydrogen-bond acceptors (Lipinski definition) is 5. The first kappa shape index (κ1) is 14.9. The highest BCUT2D eigenvalue weighted by Gasteiger charge is 2.21. The van der Waals surface area contributed by atoms with E-state index in [4.69, 9.17) is 5.11 Å². The first-order chi connectivity index (χ1) is 9.33. The molecule has 0 spiro atoms. The molecule has 2 rings (SSSR count). The molecule has 0 saturated heterocycles. The second-order valence-electron chi connectivity index (χ2n) is 4.19. The number of sulfonamides is 1. The van der Waals surface area contributed by atoms with Gasteiger partial charge in [0.05, 0.1) is 12.3 Å². The van der Waals surface area contributed by atoms with E-state index in [1.54, 1.807) is 6.92 Å². The van der Waals surface area contributed by atoms with Crippen molar-refractivity contribution >= 4 is 26.5 Å². The fraction of sp³-hybridized carbons (Fsp3) is 0.250. The molecule has 2 aromatic rings. The first-order valence-electron chi connectivity index (χ1n) is 5.69. The number of benzene rings is 1. The largest absolute Gasteiger partial charge is 0.392 e. The van der Waals surface area contributed by atoms with E-state index in [9.17, 15) is 12.8 Å². The molecule has 0 atom stereocenters. The lowest BCUT2D eigenvalue weighted by atomic mass is 10.2. The third-order valence-corrected chi connectivity index (χ3v) is 5.19. The molecule has 2 N–H and O–H groups in total. The van der Waals surface area contributed by atoms with E-state index in [1.165, 1.54) is 17.4 Å². The summed E-state index contributed by atoms with van der Waals surface area (Å²) in [5.74, 6) is -0.875. The molecule has 20 heavy (non-hydrogen) atoms. The molecule has 1 aromatic carbocycles. The number of anilines is 1. The van der Waals surface area contributed by atoms with Crippen molar-refractivity contribution in [3.63, 3.8) is 0 Å². The van der Waals surface area contributed by atoms with Crippen molar-refractivity contribution in [2.45, 2.75) is 25.3 Å². The number of nitrogens with zero attached hydrogens (tertiary/aromatic N) is 1. The molecule has 8 heteroatoms. The van der Waals surface area contributed by atoms with Gasteiger partial charge in [0.2, 0.25) is 0 Å². The minimum absolute atomic E-state index is 0.189. The molecule has 0 unspecified atom stereocenters. The number of rotatable bonds is 4. The van der Waals surface area contributed by atoms with Crippen molar-refractivity contribution in [3.8, 4) is 0 Å². The molecule has 0 amide bonds. The second kappa shape index (κ2) is 5.47. The maximum atomic E-state index is 13.7. The van der Waals surface area contributed by atoms with Crippen LogP contribution in [0.15, 0.2) is 23.1 Å². The quantitative estimate of drug-likeness (QED) is 0.906. The molecule has 0 bridgehead atoms. The molecule has 0 aliphatic carbocycles. The highest BCUT2D eigenvalue weighted by atomic mass is 32.2. The number of thiazole rings is 1. The monoisotopic (exact) mass is 316 g/mol. The minimum atomic E-state index is -4.07. The Bertz CT molecular complexity index is 722. The predicted molar refractivity (Wildman–Crippen MR) is 74.7 cm³/mol. The third-order valence-electron chi connectivity index (χ3n) is 2.72. The van der Waals surface area contributed by atoms with Gasteiger partial charge in [0.1, 0.15) is 10.7 Å². The standard InChI is InChI=1S/C12H13FN2O3S2/c1-7-8(2)19-12(14-7)15-20(17,18)11-5-9(6-16)3-4-10(11)13/h3-5,16H,6H2,1-2H3,(H,14,15). The molecule has 0 fully saturated rings. The lowest BCUT2D eigenvalue weighted by Gasteiger charge is -2.07. The van der Waals surface area contributed by atoms with Gasteiger partial charge < -0.3 is 5.11 Å². The van der Waals surface area contributed by atoms with Crippen LogP contribution >= 0.6 is 11.3 Å². The Labute approximate surface area is 120 Å². The molecule has 1 aromatic heterocycles. The van der Waals surface area contributed by atoms with Crippen molar-refractivity contribution in [2.24, 2.45) is 0 Å². The average molecular weight is 316 g/mol. The molecular formula is C12H13FN2O3S2. The number of aliphatic hydroxyl groups excluding tert-OH is 1. The topological polar surface area (TPSA) is 79.3 Å². The van der Waals surface area contributed by atoms with Crippen molar-refractivity contribution in [1.82, 2.24) is 4.98 Å². The van der Waals surface area contributed by atoms with Gasteiger partial charge in [-0.05, 0) is 31.5 Å². The second-order valence-corrected chi connectivity index (χ2v) is 7.04. The van der Waals surface area contributed by atoms with Gasteiger partial charge in [-0.2, -0.15) is 0 Å². The average Bonchev–Trinajstić information content (AvgIpc) is 2.67. The van der Waals surface area contributed by atoms with Gasteiger partial charge in [-0.3, -0.25) is 4.72 Å². The summed E-state index contributed by atoms with van der Waals surface area (Å²) in [7, 11) is -4.07. The van der Waals surface area contributed by atoms with Crippen molar-refractivity contribution in [3.05, 3.63) is 40.2 Å². The zero-order chi connectivity index (χ0) is 14.9. The van der Waals surface area contributed by atoms with E-state index in [0.717, 1.165) is 22.7 Å². The van der Waals surface area contributed by atoms with Gasteiger partial charge in [-0.15, -0.1) is 11.3 Å². The molecule has 0 radical (unpaired) electrons. The van der Waals surface area contributed by atoms with Crippen LogP contribution in [0.3, 0.4) is 0 Å². The van der Waals surface area contributed by atoms with Crippen LogP contribution in [-0.2, 0) is 16.6 Å². The molecule has 5 nitrogen and oxygen atoms in total. The first-order valence-corrected chi connectivity index (χ1v) is 7.99. The minimum Gasteiger partial charge on any atom is -0.392 e. The van der Waals surface area contributed by atoms with Crippen molar-refractivity contribution < 1.29 is 17.9 Å². The van der Waals surface area contributed by atoms with E-state index in [0.29, 0.717) is 5.56 Å². The summed E-state index contributed by atoms with van der Waals surface area (Å²) in [6.07, 6.45) is 0. The highest BCUT2D eigenvalue weighted by Crippen LogP contribution is 2.25. The number of aromatic nitrogens is 1. The van der Waals surface area contributed by atoms with Crippen molar-refractivity contribution in [1.29, 1.82) is 0 Å². The molecule has 1 heterocycles. The summed E-state index contributed by atoms with van der Waals surface area (Å²) < 4.78 is 40.2. The van der Waals surface area contributed by atoms with Gasteiger partial charge in [-0.25, -0.2) is 17.8 Å². The Morgan fingerprint density at radius 3 is 2.65 bits per heavy atom. The maximum Gasteiger partial charge on any atom is 0.266 e. The zero-order valence-electron chi connectivity index (χ0n) is 10.8. The Balaban J connectivity index is 2.40. The van der Waals surface area contributed by atoms with Gasteiger partial charge in [-0.1, -0.05) is 6.07 Å². The van der Waals surface area contributed by atoms with Gasteiger partial charge in [0.15, 0.2) is 5.13 Å². The summed E-state index contributed by atoms with van der Waals surface area (Å²) in [4.78, 5) is 4.43. The van der Waals surface area contributed by atoms with E-state index < -0.39 is 20.7 Å². The van der Waals surface area contributed by atoms with Gasteiger partial charge >= 0.3 is 0 Å². The number of nitrogens with one attached hydrogen (secondary N) is 1. The van der Waals surface area contributed by atoms with Crippen LogP contribution in [0.4, 0.5) is 9.52 Å². The van der Waals surface area contributed by atoms with Gasteiger partial charge in [0.25, 0.3) is 10.0 Å². The van der Waals surface area contributed by atoms with Crippen LogP contribution in [0.25, 0.3) is 0 Å². The van der Waals surface area contributed by atoms with Crippen LogP contribution in [0, 0.1) is 19.7 Å². The van der Waals surface area contributed by atoms with E-state index in [-0.39, 0.29) is 11.7 Å². The van der Waals surface area contributed by atoms with Gasteiger partial charge in [0, 0.05) is 4.88 Å². The summed E-state index contributed by atoms with van der Waals surface area (Å²) in [5.41, 5.74) is 1.04. The highest BCUT2D eigenvalue weighted by molar-refractivity contribution is 7.93. The number of hydrogen-bond donors (Lipinski definition) is 2.